The summed E-state index contributed by atoms with van der Waals surface area (Å²) in [5.74, 6) is 0. The summed E-state index contributed by atoms with van der Waals surface area (Å²) in [4.78, 5) is 4.77. The fourth-order valence-electron chi connectivity index (χ4n) is 7.28. The lowest BCUT2D eigenvalue weighted by atomic mass is 9.90. The number of anilines is 6. The smallest absolute Gasteiger partial charge is 0.0540 e. The summed E-state index contributed by atoms with van der Waals surface area (Å²) in [7, 11) is 0. The first-order valence-electron chi connectivity index (χ1n) is 16.9. The molecule has 0 saturated carbocycles. The predicted molar refractivity (Wildman–Crippen MR) is 207 cm³/mol. The van der Waals surface area contributed by atoms with E-state index in [1.165, 1.54) is 66.9 Å². The number of hydrogen-bond acceptors (Lipinski definition) is 2. The minimum atomic E-state index is 0.878. The monoisotopic (exact) mass is 626 g/mol. The highest BCUT2D eigenvalue weighted by Gasteiger charge is 2.25. The van der Waals surface area contributed by atoms with Crippen molar-refractivity contribution in [2.24, 2.45) is 0 Å². The van der Waals surface area contributed by atoms with Crippen molar-refractivity contribution >= 4 is 44.9 Å². The lowest BCUT2D eigenvalue weighted by molar-refractivity contribution is 1.09. The van der Waals surface area contributed by atoms with Gasteiger partial charge in [0.25, 0.3) is 0 Å². The summed E-state index contributed by atoms with van der Waals surface area (Å²) in [6, 6.07) is 70.1. The predicted octanol–water partition coefficient (Wildman–Crippen LogP) is 13.0. The molecule has 0 saturated heterocycles. The largest absolute Gasteiger partial charge is 0.310 e. The van der Waals surface area contributed by atoms with E-state index < -0.39 is 0 Å². The van der Waals surface area contributed by atoms with Gasteiger partial charge >= 0.3 is 0 Å². The zero-order chi connectivity index (χ0) is 32.6. The molecule has 1 heterocycles. The van der Waals surface area contributed by atoms with E-state index in [-0.39, 0.29) is 0 Å². The highest BCUT2D eigenvalue weighted by molar-refractivity contribution is 5.99. The molecule has 0 atom stereocenters. The van der Waals surface area contributed by atoms with Crippen molar-refractivity contribution in [2.45, 2.75) is 6.42 Å². The third-order valence-electron chi connectivity index (χ3n) is 9.62. The molecular formula is C47H34N2. The summed E-state index contributed by atoms with van der Waals surface area (Å²) in [5, 5.41) is 2.46. The maximum absolute atomic E-state index is 2.41. The number of rotatable bonds is 6. The molecule has 1 aliphatic heterocycles. The van der Waals surface area contributed by atoms with Crippen LogP contribution in [0.15, 0.2) is 194 Å². The summed E-state index contributed by atoms with van der Waals surface area (Å²) in [6.07, 6.45) is 0.878. The summed E-state index contributed by atoms with van der Waals surface area (Å²) < 4.78 is 0. The van der Waals surface area contributed by atoms with Gasteiger partial charge in [0, 0.05) is 40.2 Å². The van der Waals surface area contributed by atoms with E-state index in [1.807, 2.05) is 0 Å². The van der Waals surface area contributed by atoms with E-state index >= 15 is 0 Å². The van der Waals surface area contributed by atoms with Crippen LogP contribution in [0.3, 0.4) is 0 Å². The van der Waals surface area contributed by atoms with Crippen LogP contribution in [0.1, 0.15) is 11.1 Å². The quantitative estimate of drug-likeness (QED) is 0.181. The molecule has 1 aliphatic rings. The average molecular weight is 627 g/mol. The summed E-state index contributed by atoms with van der Waals surface area (Å²) in [5.41, 5.74) is 14.6. The normalized spacial score (nSPS) is 12.0. The molecule has 0 aliphatic carbocycles. The number of fused-ring (bicyclic) bond motifs is 3. The van der Waals surface area contributed by atoms with E-state index in [0.29, 0.717) is 0 Å². The molecule has 0 fully saturated rings. The van der Waals surface area contributed by atoms with Gasteiger partial charge in [-0.1, -0.05) is 127 Å². The Morgan fingerprint density at radius 3 is 1.57 bits per heavy atom. The van der Waals surface area contributed by atoms with Gasteiger partial charge in [-0.05, 0) is 105 Å². The molecular weight excluding hydrogens is 593 g/mol. The third-order valence-corrected chi connectivity index (χ3v) is 9.62. The zero-order valence-corrected chi connectivity index (χ0v) is 27.1. The molecule has 232 valence electrons. The van der Waals surface area contributed by atoms with E-state index in [1.54, 1.807) is 0 Å². The van der Waals surface area contributed by atoms with Crippen molar-refractivity contribution in [3.63, 3.8) is 0 Å². The van der Waals surface area contributed by atoms with Crippen LogP contribution in [0.5, 0.6) is 0 Å². The van der Waals surface area contributed by atoms with Gasteiger partial charge in [-0.3, -0.25) is 0 Å². The van der Waals surface area contributed by atoms with E-state index in [0.717, 1.165) is 17.8 Å². The first kappa shape index (κ1) is 28.8. The topological polar surface area (TPSA) is 6.48 Å². The van der Waals surface area contributed by atoms with Gasteiger partial charge in [0.1, 0.15) is 0 Å². The number of para-hydroxylation sites is 2. The molecule has 0 bridgehead atoms. The summed E-state index contributed by atoms with van der Waals surface area (Å²) in [6.45, 7) is 0. The van der Waals surface area contributed by atoms with Crippen LogP contribution < -0.4 is 9.80 Å². The van der Waals surface area contributed by atoms with E-state index in [2.05, 4.69) is 204 Å². The molecule has 0 N–H and O–H groups in total. The second-order valence-corrected chi connectivity index (χ2v) is 12.6. The minimum Gasteiger partial charge on any atom is -0.310 e. The highest BCUT2D eigenvalue weighted by atomic mass is 15.2. The maximum Gasteiger partial charge on any atom is 0.0540 e. The second kappa shape index (κ2) is 12.3. The van der Waals surface area contributed by atoms with Crippen LogP contribution in [0.2, 0.25) is 0 Å². The van der Waals surface area contributed by atoms with Gasteiger partial charge in [-0.25, -0.2) is 0 Å². The maximum atomic E-state index is 2.41. The van der Waals surface area contributed by atoms with E-state index in [9.17, 15) is 0 Å². The molecule has 0 spiro atoms. The molecule has 0 unspecified atom stereocenters. The molecule has 2 nitrogen and oxygen atoms in total. The highest BCUT2D eigenvalue weighted by Crippen LogP contribution is 2.46. The molecule has 49 heavy (non-hydrogen) atoms. The Balaban J connectivity index is 1.11. The fraction of sp³-hybridized carbons (Fsp3) is 0.0213. The van der Waals surface area contributed by atoms with Gasteiger partial charge < -0.3 is 9.80 Å². The standard InChI is InChI=1S/C47H34N2/c1-4-13-34(14-5-1)37-25-29-45-39(31-37)33-40-32-38(26-30-46(40)49(45)42-19-8-3-9-20-42)35-23-27-43(28-24-35)48(41-17-6-2-7-18-41)47-22-12-16-36-15-10-11-21-44(36)47/h1-32H,33H2. The van der Waals surface area contributed by atoms with Gasteiger partial charge in [0.2, 0.25) is 0 Å². The first-order chi connectivity index (χ1) is 24.3. The van der Waals surface area contributed by atoms with Crippen molar-refractivity contribution in [1.29, 1.82) is 0 Å². The van der Waals surface area contributed by atoms with Gasteiger partial charge in [-0.15, -0.1) is 0 Å². The van der Waals surface area contributed by atoms with Crippen LogP contribution in [0, 0.1) is 0 Å². The van der Waals surface area contributed by atoms with E-state index in [4.69, 9.17) is 0 Å². The molecule has 0 aromatic heterocycles. The number of hydrogen-bond donors (Lipinski definition) is 0. The SMILES string of the molecule is c1ccc(-c2ccc3c(c2)Cc2cc(-c4ccc(N(c5ccccc5)c5cccc6ccccc56)cc4)ccc2N3c2ccccc2)cc1. The van der Waals surface area contributed by atoms with Gasteiger partial charge in [-0.2, -0.15) is 0 Å². The van der Waals surface area contributed by atoms with Crippen LogP contribution >= 0.6 is 0 Å². The van der Waals surface area contributed by atoms with Crippen molar-refractivity contribution in [3.8, 4) is 22.3 Å². The van der Waals surface area contributed by atoms with Gasteiger partial charge in [0.05, 0.1) is 5.69 Å². The van der Waals surface area contributed by atoms with Crippen molar-refractivity contribution in [2.75, 3.05) is 9.80 Å². The van der Waals surface area contributed by atoms with Crippen molar-refractivity contribution in [1.82, 2.24) is 0 Å². The Kier molecular flexibility index (Phi) is 7.25. The lowest BCUT2D eigenvalue weighted by Gasteiger charge is -2.34. The molecule has 0 amide bonds. The molecule has 8 aromatic carbocycles. The Morgan fingerprint density at radius 2 is 0.898 bits per heavy atom. The van der Waals surface area contributed by atoms with Crippen LogP contribution in [-0.2, 0) is 6.42 Å². The summed E-state index contributed by atoms with van der Waals surface area (Å²) >= 11 is 0. The Hall–Kier alpha value is -6.38. The second-order valence-electron chi connectivity index (χ2n) is 12.6. The Morgan fingerprint density at radius 1 is 0.388 bits per heavy atom. The van der Waals surface area contributed by atoms with Crippen LogP contribution in [-0.4, -0.2) is 0 Å². The molecule has 8 aromatic rings. The van der Waals surface area contributed by atoms with Crippen molar-refractivity contribution in [3.05, 3.63) is 205 Å². The Labute approximate surface area is 287 Å². The third kappa shape index (κ3) is 5.34. The minimum absolute atomic E-state index is 0.878. The number of nitrogens with zero attached hydrogens (tertiary/aromatic N) is 2. The zero-order valence-electron chi connectivity index (χ0n) is 27.1. The Bertz CT molecular complexity index is 2390. The number of benzene rings is 8. The first-order valence-corrected chi connectivity index (χ1v) is 16.9. The van der Waals surface area contributed by atoms with Crippen molar-refractivity contribution < 1.29 is 0 Å². The lowest BCUT2D eigenvalue weighted by Crippen LogP contribution is -2.18. The average Bonchev–Trinajstić information content (AvgIpc) is 3.18. The molecule has 0 radical (unpaired) electrons. The van der Waals surface area contributed by atoms with Gasteiger partial charge in [0.15, 0.2) is 0 Å². The fourth-order valence-corrected chi connectivity index (χ4v) is 7.28. The van der Waals surface area contributed by atoms with Crippen LogP contribution in [0.25, 0.3) is 33.0 Å². The molecule has 2 heteroatoms. The molecule has 9 rings (SSSR count). The van der Waals surface area contributed by atoms with Crippen LogP contribution in [0.4, 0.5) is 34.1 Å².